The standard InChI is InChI=1S/C15H22N2O2/c1-11-9-12(14(18)19)10-16-13(11)17-7-4-5-15(2,3)6-8-17/h9-10H,4-8H2,1-3H3,(H,18,19). The van der Waals surface area contributed by atoms with Crippen molar-refractivity contribution >= 4 is 11.8 Å². The zero-order valence-corrected chi connectivity index (χ0v) is 11.9. The monoisotopic (exact) mass is 262 g/mol. The van der Waals surface area contributed by atoms with Crippen LogP contribution >= 0.6 is 0 Å². The maximum Gasteiger partial charge on any atom is 0.337 e. The van der Waals surface area contributed by atoms with Crippen molar-refractivity contribution in [2.45, 2.75) is 40.0 Å². The number of pyridine rings is 1. The molecule has 4 nitrogen and oxygen atoms in total. The molecule has 0 amide bonds. The second-order valence-electron chi connectivity index (χ2n) is 6.17. The van der Waals surface area contributed by atoms with E-state index in [1.807, 2.05) is 6.92 Å². The number of nitrogens with zero attached hydrogens (tertiary/aromatic N) is 2. The summed E-state index contributed by atoms with van der Waals surface area (Å²) < 4.78 is 0. The normalized spacial score (nSPS) is 19.0. The van der Waals surface area contributed by atoms with E-state index < -0.39 is 5.97 Å². The van der Waals surface area contributed by atoms with E-state index in [1.165, 1.54) is 12.6 Å². The predicted molar refractivity (Wildman–Crippen MR) is 75.8 cm³/mol. The Morgan fingerprint density at radius 2 is 2.11 bits per heavy atom. The molecule has 104 valence electrons. The van der Waals surface area contributed by atoms with Gasteiger partial charge in [0.05, 0.1) is 5.56 Å². The molecule has 1 saturated heterocycles. The Hall–Kier alpha value is -1.58. The predicted octanol–water partition coefficient (Wildman–Crippen LogP) is 3.10. The first-order chi connectivity index (χ1) is 8.89. The van der Waals surface area contributed by atoms with Gasteiger partial charge < -0.3 is 10.0 Å². The maximum atomic E-state index is 10.9. The third-order valence-corrected chi connectivity index (χ3v) is 3.94. The van der Waals surface area contributed by atoms with Crippen molar-refractivity contribution in [1.29, 1.82) is 0 Å². The van der Waals surface area contributed by atoms with E-state index >= 15 is 0 Å². The Balaban J connectivity index is 2.20. The van der Waals surface area contributed by atoms with E-state index in [1.54, 1.807) is 6.07 Å². The lowest BCUT2D eigenvalue weighted by atomic mass is 9.85. The van der Waals surface area contributed by atoms with E-state index in [-0.39, 0.29) is 5.56 Å². The van der Waals surface area contributed by atoms with Crippen LogP contribution in [0.5, 0.6) is 0 Å². The number of hydrogen-bond donors (Lipinski definition) is 1. The van der Waals surface area contributed by atoms with Gasteiger partial charge >= 0.3 is 5.97 Å². The molecule has 4 heteroatoms. The van der Waals surface area contributed by atoms with Crippen LogP contribution in [0.4, 0.5) is 5.82 Å². The van der Waals surface area contributed by atoms with Crippen LogP contribution in [0.2, 0.25) is 0 Å². The lowest BCUT2D eigenvalue weighted by molar-refractivity contribution is 0.0696. The number of anilines is 1. The van der Waals surface area contributed by atoms with E-state index in [4.69, 9.17) is 5.11 Å². The first-order valence-corrected chi connectivity index (χ1v) is 6.84. The van der Waals surface area contributed by atoms with Crippen molar-refractivity contribution in [2.75, 3.05) is 18.0 Å². The Labute approximate surface area is 114 Å². The first-order valence-electron chi connectivity index (χ1n) is 6.84. The highest BCUT2D eigenvalue weighted by Gasteiger charge is 2.24. The minimum Gasteiger partial charge on any atom is -0.478 e. The number of aromatic carboxylic acids is 1. The lowest BCUT2D eigenvalue weighted by Crippen LogP contribution is -2.26. The van der Waals surface area contributed by atoms with E-state index in [0.29, 0.717) is 5.41 Å². The summed E-state index contributed by atoms with van der Waals surface area (Å²) in [5, 5.41) is 8.97. The van der Waals surface area contributed by atoms with Crippen LogP contribution in [-0.2, 0) is 0 Å². The molecule has 1 fully saturated rings. The number of hydrogen-bond acceptors (Lipinski definition) is 3. The van der Waals surface area contributed by atoms with Gasteiger partial charge in [0.15, 0.2) is 0 Å². The Kier molecular flexibility index (Phi) is 3.78. The number of rotatable bonds is 2. The van der Waals surface area contributed by atoms with Crippen LogP contribution in [0, 0.1) is 12.3 Å². The summed E-state index contributed by atoms with van der Waals surface area (Å²) in [5.74, 6) is 0.0156. The quantitative estimate of drug-likeness (QED) is 0.889. The van der Waals surface area contributed by atoms with Crippen LogP contribution in [0.3, 0.4) is 0 Å². The lowest BCUT2D eigenvalue weighted by Gasteiger charge is -2.25. The summed E-state index contributed by atoms with van der Waals surface area (Å²) in [5.41, 5.74) is 1.60. The SMILES string of the molecule is Cc1cc(C(=O)O)cnc1N1CCCC(C)(C)CC1. The van der Waals surface area contributed by atoms with Crippen molar-refractivity contribution in [3.63, 3.8) is 0 Å². The van der Waals surface area contributed by atoms with Crippen LogP contribution in [0.15, 0.2) is 12.3 Å². The summed E-state index contributed by atoms with van der Waals surface area (Å²) in [6.07, 6.45) is 5.00. The van der Waals surface area contributed by atoms with Crippen LogP contribution in [-0.4, -0.2) is 29.1 Å². The highest BCUT2D eigenvalue weighted by Crippen LogP contribution is 2.31. The number of aryl methyl sites for hydroxylation is 1. The van der Waals surface area contributed by atoms with Crippen LogP contribution in [0.1, 0.15) is 49.0 Å². The second kappa shape index (κ2) is 5.19. The number of carboxylic acid groups (broad SMARTS) is 1. The Bertz CT molecular complexity index is 483. The van der Waals surface area contributed by atoms with Crippen molar-refractivity contribution in [2.24, 2.45) is 5.41 Å². The second-order valence-corrected chi connectivity index (χ2v) is 6.17. The fraction of sp³-hybridized carbons (Fsp3) is 0.600. The van der Waals surface area contributed by atoms with Gasteiger partial charge in [0.1, 0.15) is 5.82 Å². The fourth-order valence-corrected chi connectivity index (χ4v) is 2.65. The zero-order valence-electron chi connectivity index (χ0n) is 11.9. The molecule has 0 atom stereocenters. The van der Waals surface area contributed by atoms with Crippen molar-refractivity contribution in [3.8, 4) is 0 Å². The molecule has 0 radical (unpaired) electrons. The number of carbonyl (C=O) groups is 1. The molecule has 1 aliphatic rings. The van der Waals surface area contributed by atoms with Crippen molar-refractivity contribution in [3.05, 3.63) is 23.4 Å². The summed E-state index contributed by atoms with van der Waals surface area (Å²) in [4.78, 5) is 17.6. The van der Waals surface area contributed by atoms with Gasteiger partial charge in [-0.2, -0.15) is 0 Å². The molecule has 1 aromatic rings. The van der Waals surface area contributed by atoms with Crippen LogP contribution in [0.25, 0.3) is 0 Å². The smallest absolute Gasteiger partial charge is 0.337 e. The molecular weight excluding hydrogens is 240 g/mol. The molecule has 2 heterocycles. The molecule has 0 saturated carbocycles. The zero-order chi connectivity index (χ0) is 14.0. The molecule has 0 spiro atoms. The van der Waals surface area contributed by atoms with Crippen molar-refractivity contribution in [1.82, 2.24) is 4.98 Å². The molecule has 19 heavy (non-hydrogen) atoms. The summed E-state index contributed by atoms with van der Waals surface area (Å²) >= 11 is 0. The maximum absolute atomic E-state index is 10.9. The highest BCUT2D eigenvalue weighted by molar-refractivity contribution is 5.87. The average molecular weight is 262 g/mol. The van der Waals surface area contributed by atoms with E-state index in [9.17, 15) is 4.79 Å². The Morgan fingerprint density at radius 3 is 2.74 bits per heavy atom. The van der Waals surface area contributed by atoms with Gasteiger partial charge in [0.2, 0.25) is 0 Å². The van der Waals surface area contributed by atoms with E-state index in [0.717, 1.165) is 37.3 Å². The molecule has 1 aromatic heterocycles. The molecule has 1 aliphatic heterocycles. The third-order valence-electron chi connectivity index (χ3n) is 3.94. The molecule has 1 N–H and O–H groups in total. The largest absolute Gasteiger partial charge is 0.478 e. The Morgan fingerprint density at radius 1 is 1.37 bits per heavy atom. The molecule has 0 aliphatic carbocycles. The van der Waals surface area contributed by atoms with Gasteiger partial charge in [0, 0.05) is 19.3 Å². The minimum atomic E-state index is -0.917. The average Bonchev–Trinajstić information content (AvgIpc) is 2.50. The van der Waals surface area contributed by atoms with Gasteiger partial charge in [0.25, 0.3) is 0 Å². The molecule has 2 rings (SSSR count). The first kappa shape index (κ1) is 13.8. The molecule has 0 bridgehead atoms. The number of carboxylic acids is 1. The summed E-state index contributed by atoms with van der Waals surface area (Å²) in [7, 11) is 0. The molecular formula is C15H22N2O2. The fourth-order valence-electron chi connectivity index (χ4n) is 2.65. The van der Waals surface area contributed by atoms with Gasteiger partial charge in [-0.3, -0.25) is 0 Å². The van der Waals surface area contributed by atoms with E-state index in [2.05, 4.69) is 23.7 Å². The van der Waals surface area contributed by atoms with Gasteiger partial charge in [-0.15, -0.1) is 0 Å². The van der Waals surface area contributed by atoms with Crippen LogP contribution < -0.4 is 4.90 Å². The number of aromatic nitrogens is 1. The summed E-state index contributed by atoms with van der Waals surface area (Å²) in [6, 6.07) is 1.71. The van der Waals surface area contributed by atoms with Crippen molar-refractivity contribution < 1.29 is 9.90 Å². The van der Waals surface area contributed by atoms with Gasteiger partial charge in [-0.05, 0) is 43.2 Å². The third kappa shape index (κ3) is 3.25. The molecule has 0 aromatic carbocycles. The minimum absolute atomic E-state index is 0.261. The van der Waals surface area contributed by atoms with Gasteiger partial charge in [-0.1, -0.05) is 13.8 Å². The topological polar surface area (TPSA) is 53.4 Å². The van der Waals surface area contributed by atoms with Gasteiger partial charge in [-0.25, -0.2) is 9.78 Å². The summed E-state index contributed by atoms with van der Waals surface area (Å²) in [6.45, 7) is 8.55. The molecule has 0 unspecified atom stereocenters. The highest BCUT2D eigenvalue weighted by atomic mass is 16.4.